The molecule has 10 heteroatoms. The topological polar surface area (TPSA) is 86.8 Å². The van der Waals surface area contributed by atoms with E-state index in [2.05, 4.69) is 5.32 Å². The highest BCUT2D eigenvalue weighted by atomic mass is 35.5. The van der Waals surface area contributed by atoms with Crippen LogP contribution < -0.4 is 9.62 Å². The summed E-state index contributed by atoms with van der Waals surface area (Å²) in [5.41, 5.74) is 0.789. The average Bonchev–Trinajstić information content (AvgIpc) is 2.89. The number of nitrogens with zero attached hydrogens (tertiary/aromatic N) is 2. The lowest BCUT2D eigenvalue weighted by Gasteiger charge is -2.32. The van der Waals surface area contributed by atoms with Crippen LogP contribution in [0, 0.1) is 11.7 Å². The van der Waals surface area contributed by atoms with Crippen LogP contribution in [0.1, 0.15) is 26.3 Å². The largest absolute Gasteiger partial charge is 0.354 e. The van der Waals surface area contributed by atoms with Gasteiger partial charge in [0.15, 0.2) is 0 Å². The van der Waals surface area contributed by atoms with Crippen molar-refractivity contribution >= 4 is 39.1 Å². The fraction of sp³-hybridized carbons (Fsp3) is 0.286. The van der Waals surface area contributed by atoms with Crippen molar-refractivity contribution in [2.24, 2.45) is 5.92 Å². The van der Waals surface area contributed by atoms with Crippen LogP contribution in [0.2, 0.25) is 5.02 Å². The van der Waals surface area contributed by atoms with Gasteiger partial charge in [0, 0.05) is 18.1 Å². The van der Waals surface area contributed by atoms with Crippen molar-refractivity contribution in [3.05, 3.63) is 95.3 Å². The summed E-state index contributed by atoms with van der Waals surface area (Å²) in [4.78, 5) is 28.0. The molecule has 3 aromatic carbocycles. The van der Waals surface area contributed by atoms with Crippen molar-refractivity contribution in [2.45, 2.75) is 38.3 Å². The van der Waals surface area contributed by atoms with Crippen molar-refractivity contribution in [3.8, 4) is 0 Å². The van der Waals surface area contributed by atoms with Gasteiger partial charge in [0.2, 0.25) is 11.8 Å². The van der Waals surface area contributed by atoms with Gasteiger partial charge >= 0.3 is 0 Å². The number of hydrogen-bond donors (Lipinski definition) is 1. The minimum atomic E-state index is -4.17. The Morgan fingerprint density at radius 1 is 0.947 bits per heavy atom. The van der Waals surface area contributed by atoms with E-state index in [9.17, 15) is 22.4 Å². The van der Waals surface area contributed by atoms with Crippen molar-refractivity contribution in [1.29, 1.82) is 0 Å². The van der Waals surface area contributed by atoms with Gasteiger partial charge in [0.25, 0.3) is 10.0 Å². The molecular weight excluding hydrogens is 529 g/mol. The summed E-state index contributed by atoms with van der Waals surface area (Å²) < 4.78 is 41.8. The molecule has 2 amide bonds. The molecule has 0 fully saturated rings. The molecule has 0 aromatic heterocycles. The van der Waals surface area contributed by atoms with Gasteiger partial charge in [-0.2, -0.15) is 0 Å². The van der Waals surface area contributed by atoms with Gasteiger partial charge < -0.3 is 10.2 Å². The highest BCUT2D eigenvalue weighted by Gasteiger charge is 2.32. The van der Waals surface area contributed by atoms with Gasteiger partial charge in [0.1, 0.15) is 18.4 Å². The molecule has 1 N–H and O–H groups in total. The van der Waals surface area contributed by atoms with E-state index in [1.807, 2.05) is 13.8 Å². The minimum absolute atomic E-state index is 0.000542. The van der Waals surface area contributed by atoms with E-state index in [1.54, 1.807) is 43.3 Å². The molecular formula is C28H31ClFN3O4S. The van der Waals surface area contributed by atoms with Crippen LogP contribution >= 0.6 is 11.6 Å². The smallest absolute Gasteiger partial charge is 0.264 e. The lowest BCUT2D eigenvalue weighted by atomic mass is 10.1. The standard InChI is InChI=1S/C28H31ClFN3O4S/c1-20(2)17-31-28(35)21(3)32(18-22-12-14-24(30)15-13-22)27(34)19-33(25-9-7-8-23(29)16-25)38(36,37)26-10-5-4-6-11-26/h4-16,20-21H,17-19H2,1-3H3,(H,31,35)/t21-/m1/s1. The molecule has 0 bridgehead atoms. The molecule has 1 atom stereocenters. The maximum atomic E-state index is 13.8. The highest BCUT2D eigenvalue weighted by Crippen LogP contribution is 2.26. The zero-order valence-electron chi connectivity index (χ0n) is 21.5. The van der Waals surface area contributed by atoms with E-state index in [0.717, 1.165) is 4.31 Å². The zero-order chi connectivity index (χ0) is 27.9. The molecule has 0 aliphatic rings. The van der Waals surface area contributed by atoms with Crippen LogP contribution in [0.25, 0.3) is 0 Å². The molecule has 202 valence electrons. The van der Waals surface area contributed by atoms with E-state index in [0.29, 0.717) is 17.1 Å². The first kappa shape index (κ1) is 29.1. The minimum Gasteiger partial charge on any atom is -0.354 e. The third-order valence-corrected chi connectivity index (χ3v) is 7.85. The quantitative estimate of drug-likeness (QED) is 0.363. The van der Waals surface area contributed by atoms with Gasteiger partial charge in [-0.25, -0.2) is 12.8 Å². The Hall–Kier alpha value is -3.43. The Morgan fingerprint density at radius 2 is 1.61 bits per heavy atom. The molecule has 0 spiro atoms. The van der Waals surface area contributed by atoms with Gasteiger partial charge in [0.05, 0.1) is 10.6 Å². The van der Waals surface area contributed by atoms with Crippen LogP contribution in [-0.4, -0.2) is 44.3 Å². The second kappa shape index (κ2) is 12.9. The fourth-order valence-corrected chi connectivity index (χ4v) is 5.31. The molecule has 7 nitrogen and oxygen atoms in total. The molecule has 38 heavy (non-hydrogen) atoms. The Kier molecular flexibility index (Phi) is 9.88. The molecule has 0 aliphatic carbocycles. The lowest BCUT2D eigenvalue weighted by molar-refractivity contribution is -0.139. The summed E-state index contributed by atoms with van der Waals surface area (Å²) in [5, 5.41) is 3.12. The molecule has 0 aliphatic heterocycles. The Morgan fingerprint density at radius 3 is 2.21 bits per heavy atom. The number of carbonyl (C=O) groups is 2. The van der Waals surface area contributed by atoms with Crippen molar-refractivity contribution in [1.82, 2.24) is 10.2 Å². The van der Waals surface area contributed by atoms with Crippen molar-refractivity contribution in [3.63, 3.8) is 0 Å². The van der Waals surface area contributed by atoms with Crippen LogP contribution in [-0.2, 0) is 26.2 Å². The Bertz CT molecular complexity index is 1350. The number of nitrogens with one attached hydrogen (secondary N) is 1. The van der Waals surface area contributed by atoms with E-state index in [-0.39, 0.29) is 29.0 Å². The SMILES string of the molecule is CC(C)CNC(=O)[C@@H](C)N(Cc1ccc(F)cc1)C(=O)CN(c1cccc(Cl)c1)S(=O)(=O)c1ccccc1. The fourth-order valence-electron chi connectivity index (χ4n) is 3.70. The van der Waals surface area contributed by atoms with Crippen molar-refractivity contribution < 1.29 is 22.4 Å². The molecule has 3 rings (SSSR count). The Labute approximate surface area is 228 Å². The maximum Gasteiger partial charge on any atom is 0.264 e. The van der Waals surface area contributed by atoms with Gasteiger partial charge in [-0.05, 0) is 60.9 Å². The number of amides is 2. The first-order chi connectivity index (χ1) is 18.0. The number of carbonyl (C=O) groups excluding carboxylic acids is 2. The van der Waals surface area contributed by atoms with Gasteiger partial charge in [-0.3, -0.25) is 13.9 Å². The highest BCUT2D eigenvalue weighted by molar-refractivity contribution is 7.92. The summed E-state index contributed by atoms with van der Waals surface area (Å²) in [6, 6.07) is 18.6. The van der Waals surface area contributed by atoms with Gasteiger partial charge in [-0.15, -0.1) is 0 Å². The summed E-state index contributed by atoms with van der Waals surface area (Å²) in [7, 11) is -4.17. The molecule has 0 heterocycles. The normalized spacial score (nSPS) is 12.2. The summed E-state index contributed by atoms with van der Waals surface area (Å²) in [6.45, 7) is 5.28. The number of halogens is 2. The predicted molar refractivity (Wildman–Crippen MR) is 147 cm³/mol. The predicted octanol–water partition coefficient (Wildman–Crippen LogP) is 4.86. The van der Waals surface area contributed by atoms with Crippen LogP contribution in [0.15, 0.2) is 83.8 Å². The van der Waals surface area contributed by atoms with E-state index in [1.165, 1.54) is 47.4 Å². The second-order valence-corrected chi connectivity index (χ2v) is 11.6. The summed E-state index contributed by atoms with van der Waals surface area (Å²) >= 11 is 6.16. The number of anilines is 1. The number of hydrogen-bond acceptors (Lipinski definition) is 4. The van der Waals surface area contributed by atoms with E-state index >= 15 is 0 Å². The first-order valence-corrected chi connectivity index (χ1v) is 14.0. The molecule has 0 saturated heterocycles. The first-order valence-electron chi connectivity index (χ1n) is 12.1. The van der Waals surface area contributed by atoms with E-state index in [4.69, 9.17) is 11.6 Å². The van der Waals surface area contributed by atoms with Crippen LogP contribution in [0.4, 0.5) is 10.1 Å². The monoisotopic (exact) mass is 559 g/mol. The molecule has 0 unspecified atom stereocenters. The Balaban J connectivity index is 1.99. The molecule has 0 saturated carbocycles. The van der Waals surface area contributed by atoms with Crippen LogP contribution in [0.5, 0.6) is 0 Å². The van der Waals surface area contributed by atoms with Crippen LogP contribution in [0.3, 0.4) is 0 Å². The molecule has 3 aromatic rings. The van der Waals surface area contributed by atoms with Gasteiger partial charge in [-0.1, -0.05) is 61.8 Å². The molecule has 0 radical (unpaired) electrons. The summed E-state index contributed by atoms with van der Waals surface area (Å²) in [6.07, 6.45) is 0. The average molecular weight is 560 g/mol. The zero-order valence-corrected chi connectivity index (χ0v) is 23.0. The summed E-state index contributed by atoms with van der Waals surface area (Å²) in [5.74, 6) is -1.23. The number of rotatable bonds is 11. The third-order valence-electron chi connectivity index (χ3n) is 5.82. The number of benzene rings is 3. The number of sulfonamides is 1. The lowest BCUT2D eigenvalue weighted by Crippen LogP contribution is -2.51. The second-order valence-electron chi connectivity index (χ2n) is 9.27. The third kappa shape index (κ3) is 7.55. The van der Waals surface area contributed by atoms with E-state index < -0.39 is 34.3 Å². The maximum absolute atomic E-state index is 13.8. The van der Waals surface area contributed by atoms with Crippen molar-refractivity contribution in [2.75, 3.05) is 17.4 Å².